The van der Waals surface area contributed by atoms with Gasteiger partial charge in [-0.2, -0.15) is 0 Å². The van der Waals surface area contributed by atoms with E-state index in [1.165, 1.54) is 32.1 Å². The first-order valence-electron chi connectivity index (χ1n) is 8.24. The van der Waals surface area contributed by atoms with Gasteiger partial charge in [0.2, 0.25) is 0 Å². The van der Waals surface area contributed by atoms with Crippen LogP contribution in [-0.4, -0.2) is 37.8 Å². The predicted octanol–water partition coefficient (Wildman–Crippen LogP) is 3.31. The first-order valence-corrected chi connectivity index (χ1v) is 8.24. The monoisotopic (exact) mass is 409 g/mol. The minimum Gasteiger partial charge on any atom is -0.378 e. The number of halogens is 1. The largest absolute Gasteiger partial charge is 0.378 e. The third-order valence-electron chi connectivity index (χ3n) is 4.90. The van der Waals surface area contributed by atoms with Crippen LogP contribution < -0.4 is 10.6 Å². The Morgan fingerprint density at radius 1 is 1.29 bits per heavy atom. The lowest BCUT2D eigenvalue weighted by atomic mass is 9.55. The fourth-order valence-corrected chi connectivity index (χ4v) is 3.87. The standard InChI is InChI=1S/C16H31N3O.HI/c1-5-20-14-11-13(16(14)9-7-6-8-10-16)19-15(17-4)18-12(2)3;/h12-14H,5-11H2,1-4H3,(H2,17,18,19);1H. The molecule has 2 aliphatic rings. The lowest BCUT2D eigenvalue weighted by Crippen LogP contribution is -2.66. The van der Waals surface area contributed by atoms with Crippen molar-refractivity contribution in [1.29, 1.82) is 0 Å². The molecule has 0 heterocycles. The van der Waals surface area contributed by atoms with E-state index in [9.17, 15) is 0 Å². The number of ether oxygens (including phenoxy) is 1. The molecule has 2 unspecified atom stereocenters. The summed E-state index contributed by atoms with van der Waals surface area (Å²) in [5.74, 6) is 0.935. The summed E-state index contributed by atoms with van der Waals surface area (Å²) in [6.07, 6.45) is 8.24. The summed E-state index contributed by atoms with van der Waals surface area (Å²) in [6.45, 7) is 7.23. The van der Waals surface area contributed by atoms with E-state index in [1.807, 2.05) is 7.05 Å². The Labute approximate surface area is 146 Å². The fraction of sp³-hybridized carbons (Fsp3) is 0.938. The molecule has 2 saturated carbocycles. The molecular formula is C16H32IN3O. The van der Waals surface area contributed by atoms with Crippen LogP contribution in [0.1, 0.15) is 59.3 Å². The van der Waals surface area contributed by atoms with E-state index in [0.717, 1.165) is 19.0 Å². The molecule has 0 aromatic carbocycles. The van der Waals surface area contributed by atoms with Crippen LogP contribution in [0.2, 0.25) is 0 Å². The molecule has 0 radical (unpaired) electrons. The van der Waals surface area contributed by atoms with Crippen molar-refractivity contribution >= 4 is 29.9 Å². The summed E-state index contributed by atoms with van der Waals surface area (Å²) in [6, 6.07) is 0.926. The first kappa shape index (κ1) is 19.0. The summed E-state index contributed by atoms with van der Waals surface area (Å²) in [4.78, 5) is 4.35. The van der Waals surface area contributed by atoms with Gasteiger partial charge in [-0.05, 0) is 40.0 Å². The van der Waals surface area contributed by atoms with Gasteiger partial charge in [-0.15, -0.1) is 24.0 Å². The van der Waals surface area contributed by atoms with Gasteiger partial charge in [-0.25, -0.2) is 0 Å². The maximum Gasteiger partial charge on any atom is 0.191 e. The number of guanidine groups is 1. The van der Waals surface area contributed by atoms with Crippen molar-refractivity contribution in [1.82, 2.24) is 10.6 Å². The molecule has 2 fully saturated rings. The topological polar surface area (TPSA) is 45.6 Å². The second-order valence-corrected chi connectivity index (χ2v) is 6.54. The summed E-state index contributed by atoms with van der Waals surface area (Å²) >= 11 is 0. The van der Waals surface area contributed by atoms with E-state index < -0.39 is 0 Å². The van der Waals surface area contributed by atoms with Crippen molar-refractivity contribution in [2.24, 2.45) is 10.4 Å². The van der Waals surface area contributed by atoms with Crippen LogP contribution in [0.4, 0.5) is 0 Å². The van der Waals surface area contributed by atoms with Crippen molar-refractivity contribution in [3.05, 3.63) is 0 Å². The lowest BCUT2D eigenvalue weighted by molar-refractivity contribution is -0.145. The molecule has 2 rings (SSSR count). The molecule has 5 heteroatoms. The number of rotatable bonds is 4. The van der Waals surface area contributed by atoms with Crippen molar-refractivity contribution < 1.29 is 4.74 Å². The van der Waals surface area contributed by atoms with E-state index in [4.69, 9.17) is 4.74 Å². The smallest absolute Gasteiger partial charge is 0.191 e. The Morgan fingerprint density at radius 2 is 1.95 bits per heavy atom. The van der Waals surface area contributed by atoms with Crippen LogP contribution >= 0.6 is 24.0 Å². The third kappa shape index (κ3) is 4.24. The first-order chi connectivity index (χ1) is 9.62. The molecule has 0 aromatic heterocycles. The zero-order chi connectivity index (χ0) is 14.6. The van der Waals surface area contributed by atoms with Crippen molar-refractivity contribution in [2.75, 3.05) is 13.7 Å². The Bertz CT molecular complexity index is 340. The maximum atomic E-state index is 6.00. The van der Waals surface area contributed by atoms with Gasteiger partial charge in [-0.1, -0.05) is 19.3 Å². The average Bonchev–Trinajstić information content (AvgIpc) is 2.45. The lowest BCUT2D eigenvalue weighted by Gasteiger charge is -2.58. The minimum atomic E-state index is 0. The van der Waals surface area contributed by atoms with Crippen LogP contribution in [0.25, 0.3) is 0 Å². The summed E-state index contributed by atoms with van der Waals surface area (Å²) in [5.41, 5.74) is 0.350. The van der Waals surface area contributed by atoms with Gasteiger partial charge in [0.15, 0.2) is 5.96 Å². The van der Waals surface area contributed by atoms with Crippen LogP contribution in [-0.2, 0) is 4.74 Å². The van der Waals surface area contributed by atoms with Gasteiger partial charge in [0.25, 0.3) is 0 Å². The normalized spacial score (nSPS) is 28.0. The molecule has 4 nitrogen and oxygen atoms in total. The van der Waals surface area contributed by atoms with Crippen LogP contribution in [0.5, 0.6) is 0 Å². The number of hydrogen-bond donors (Lipinski definition) is 2. The summed E-state index contributed by atoms with van der Waals surface area (Å²) in [5, 5.41) is 7.04. The quantitative estimate of drug-likeness (QED) is 0.426. The van der Waals surface area contributed by atoms with Crippen LogP contribution in [0, 0.1) is 5.41 Å². The van der Waals surface area contributed by atoms with E-state index in [-0.39, 0.29) is 24.0 Å². The van der Waals surface area contributed by atoms with E-state index in [1.54, 1.807) is 0 Å². The summed E-state index contributed by atoms with van der Waals surface area (Å²) < 4.78 is 6.00. The van der Waals surface area contributed by atoms with Gasteiger partial charge in [-0.3, -0.25) is 4.99 Å². The summed E-state index contributed by atoms with van der Waals surface area (Å²) in [7, 11) is 1.85. The van der Waals surface area contributed by atoms with Gasteiger partial charge >= 0.3 is 0 Å². The second-order valence-electron chi connectivity index (χ2n) is 6.54. The molecular weight excluding hydrogens is 377 g/mol. The fourth-order valence-electron chi connectivity index (χ4n) is 3.87. The van der Waals surface area contributed by atoms with E-state index in [2.05, 4.69) is 36.4 Å². The number of hydrogen-bond acceptors (Lipinski definition) is 2. The highest BCUT2D eigenvalue weighted by molar-refractivity contribution is 14.0. The van der Waals surface area contributed by atoms with Crippen molar-refractivity contribution in [2.45, 2.75) is 77.5 Å². The van der Waals surface area contributed by atoms with Crippen molar-refractivity contribution in [3.63, 3.8) is 0 Å². The molecule has 2 atom stereocenters. The highest BCUT2D eigenvalue weighted by Crippen LogP contribution is 2.53. The Kier molecular flexibility index (Phi) is 7.74. The van der Waals surface area contributed by atoms with E-state index in [0.29, 0.717) is 23.6 Å². The van der Waals surface area contributed by atoms with Crippen molar-refractivity contribution in [3.8, 4) is 0 Å². The molecule has 21 heavy (non-hydrogen) atoms. The molecule has 124 valence electrons. The highest BCUT2D eigenvalue weighted by atomic mass is 127. The van der Waals surface area contributed by atoms with Crippen LogP contribution in [0.15, 0.2) is 4.99 Å². The Morgan fingerprint density at radius 3 is 2.48 bits per heavy atom. The second kappa shape index (κ2) is 8.56. The molecule has 1 spiro atoms. The average molecular weight is 409 g/mol. The number of nitrogens with one attached hydrogen (secondary N) is 2. The van der Waals surface area contributed by atoms with E-state index >= 15 is 0 Å². The van der Waals surface area contributed by atoms with Crippen LogP contribution in [0.3, 0.4) is 0 Å². The Balaban J connectivity index is 0.00000220. The number of nitrogens with zero attached hydrogens (tertiary/aromatic N) is 1. The van der Waals surface area contributed by atoms with Gasteiger partial charge in [0.1, 0.15) is 0 Å². The molecule has 0 bridgehead atoms. The molecule has 0 aliphatic heterocycles. The zero-order valence-corrected chi connectivity index (χ0v) is 16.3. The molecule has 2 aliphatic carbocycles. The van der Waals surface area contributed by atoms with Gasteiger partial charge in [0.05, 0.1) is 6.10 Å². The highest BCUT2D eigenvalue weighted by Gasteiger charge is 2.55. The third-order valence-corrected chi connectivity index (χ3v) is 4.90. The molecule has 0 aromatic rings. The van der Waals surface area contributed by atoms with Gasteiger partial charge in [0, 0.05) is 31.2 Å². The minimum absolute atomic E-state index is 0. The molecule has 2 N–H and O–H groups in total. The number of aliphatic imine (C=N–C) groups is 1. The molecule has 0 saturated heterocycles. The zero-order valence-electron chi connectivity index (χ0n) is 13.9. The maximum absolute atomic E-state index is 6.00. The van der Waals surface area contributed by atoms with Gasteiger partial charge < -0.3 is 15.4 Å². The SMILES string of the molecule is CCOC1CC(NC(=NC)NC(C)C)C12CCCCC2.I. The Hall–Kier alpha value is -0.0400. The molecule has 0 amide bonds. The predicted molar refractivity (Wildman–Crippen MR) is 99.5 cm³/mol.